The molecule has 4 nitrogen and oxygen atoms in total. The summed E-state index contributed by atoms with van der Waals surface area (Å²) in [4.78, 5) is 23.8. The minimum Gasteiger partial charge on any atom is -0.408 e. The maximum atomic E-state index is 12.2. The molecule has 3 aromatic rings. The molecule has 0 aliphatic heterocycles. The molecule has 1 aliphatic carbocycles. The highest BCUT2D eigenvalue weighted by molar-refractivity contribution is 6.20. The Balaban J connectivity index is 2.02. The van der Waals surface area contributed by atoms with Gasteiger partial charge in [0.05, 0.1) is 5.52 Å². The number of allylic oxidation sites excluding steroid dienone is 1. The molecule has 102 valence electrons. The summed E-state index contributed by atoms with van der Waals surface area (Å²) in [5.74, 6) is -0.483. The molecule has 4 heteroatoms. The Bertz CT molecular complexity index is 974. The van der Waals surface area contributed by atoms with E-state index in [2.05, 4.69) is 0 Å². The topological polar surface area (TPSA) is 52.2 Å². The Kier molecular flexibility index (Phi) is 2.30. The number of aryl methyl sites for hydroxylation is 1. The molecule has 1 heterocycles. The van der Waals surface area contributed by atoms with Gasteiger partial charge < -0.3 is 4.42 Å². The van der Waals surface area contributed by atoms with E-state index in [0.717, 1.165) is 16.7 Å². The fraction of sp³-hybridized carbons (Fsp3) is 0.0588. The van der Waals surface area contributed by atoms with Gasteiger partial charge in [0.1, 0.15) is 0 Å². The third-order valence-electron chi connectivity index (χ3n) is 3.85. The molecule has 1 aliphatic rings. The number of carbonyl (C=O) groups excluding carboxylic acids is 1. The van der Waals surface area contributed by atoms with Crippen molar-refractivity contribution in [3.63, 3.8) is 0 Å². The normalized spacial score (nSPS) is 13.6. The van der Waals surface area contributed by atoms with Crippen LogP contribution in [0, 0.1) is 0 Å². The zero-order chi connectivity index (χ0) is 14.6. The van der Waals surface area contributed by atoms with Crippen LogP contribution in [0.3, 0.4) is 0 Å². The van der Waals surface area contributed by atoms with E-state index in [9.17, 15) is 9.59 Å². The maximum Gasteiger partial charge on any atom is 0.419 e. The summed E-state index contributed by atoms with van der Waals surface area (Å²) in [6.45, 7) is 0. The highest BCUT2D eigenvalue weighted by Crippen LogP contribution is 2.35. The van der Waals surface area contributed by atoms with E-state index in [1.807, 2.05) is 36.4 Å². The number of oxazole rings is 1. The van der Waals surface area contributed by atoms with Gasteiger partial charge in [-0.1, -0.05) is 30.3 Å². The molecule has 0 N–H and O–H groups in total. The second-order valence-corrected chi connectivity index (χ2v) is 5.08. The van der Waals surface area contributed by atoms with Crippen LogP contribution in [-0.2, 0) is 7.05 Å². The van der Waals surface area contributed by atoms with Crippen molar-refractivity contribution in [2.75, 3.05) is 0 Å². The van der Waals surface area contributed by atoms with Crippen LogP contribution < -0.4 is 5.76 Å². The molecule has 21 heavy (non-hydrogen) atoms. The first-order valence-corrected chi connectivity index (χ1v) is 6.60. The number of aromatic nitrogens is 1. The summed E-state index contributed by atoms with van der Waals surface area (Å²) in [5, 5.41) is 0. The van der Waals surface area contributed by atoms with Gasteiger partial charge in [-0.3, -0.25) is 9.36 Å². The summed E-state index contributed by atoms with van der Waals surface area (Å²) in [7, 11) is 1.66. The lowest BCUT2D eigenvalue weighted by atomic mass is 9.99. The van der Waals surface area contributed by atoms with Crippen molar-refractivity contribution in [2.24, 2.45) is 7.05 Å². The van der Waals surface area contributed by atoms with Crippen LogP contribution >= 0.6 is 0 Å². The number of nitrogens with zero attached hydrogens (tertiary/aromatic N) is 1. The second-order valence-electron chi connectivity index (χ2n) is 5.08. The van der Waals surface area contributed by atoms with Crippen molar-refractivity contribution >= 4 is 22.5 Å². The van der Waals surface area contributed by atoms with E-state index in [-0.39, 0.29) is 5.78 Å². The number of hydrogen-bond acceptors (Lipinski definition) is 3. The lowest BCUT2D eigenvalue weighted by molar-refractivity contribution is 0.105. The minimum atomic E-state index is -0.425. The molecular formula is C17H11NO3. The van der Waals surface area contributed by atoms with Gasteiger partial charge in [0.15, 0.2) is 11.4 Å². The molecule has 0 saturated carbocycles. The smallest absolute Gasteiger partial charge is 0.408 e. The van der Waals surface area contributed by atoms with Gasteiger partial charge >= 0.3 is 5.76 Å². The molecule has 0 bridgehead atoms. The van der Waals surface area contributed by atoms with Gasteiger partial charge in [-0.2, -0.15) is 0 Å². The Morgan fingerprint density at radius 1 is 1.00 bits per heavy atom. The van der Waals surface area contributed by atoms with E-state index in [4.69, 9.17) is 4.42 Å². The predicted molar refractivity (Wildman–Crippen MR) is 79.3 cm³/mol. The Morgan fingerprint density at radius 3 is 2.52 bits per heavy atom. The van der Waals surface area contributed by atoms with Gasteiger partial charge in [0.25, 0.3) is 0 Å². The van der Waals surface area contributed by atoms with Crippen molar-refractivity contribution < 1.29 is 9.21 Å². The number of carbonyl (C=O) groups is 1. The third-order valence-corrected chi connectivity index (χ3v) is 3.85. The summed E-state index contributed by atoms with van der Waals surface area (Å²) >= 11 is 0. The van der Waals surface area contributed by atoms with Crippen LogP contribution in [0.1, 0.15) is 21.5 Å². The molecule has 0 radical (unpaired) electrons. The fourth-order valence-corrected chi connectivity index (χ4v) is 2.74. The lowest BCUT2D eigenvalue weighted by Crippen LogP contribution is -2.08. The Hall–Kier alpha value is -2.88. The van der Waals surface area contributed by atoms with E-state index < -0.39 is 5.76 Å². The molecule has 0 unspecified atom stereocenters. The Morgan fingerprint density at radius 2 is 1.76 bits per heavy atom. The standard InChI is InChI=1S/C17H11NO3/c1-18-14-7-12-11(10-5-3-2-4-6-10)8-15(19)13(12)9-16(14)21-17(18)20/h2-9H,1H3. The minimum absolute atomic E-state index is 0.0581. The molecule has 4 rings (SSSR count). The fourth-order valence-electron chi connectivity index (χ4n) is 2.74. The van der Waals surface area contributed by atoms with Crippen LogP contribution in [0.15, 0.2) is 57.8 Å². The van der Waals surface area contributed by atoms with Crippen LogP contribution in [0.2, 0.25) is 0 Å². The number of hydrogen-bond donors (Lipinski definition) is 0. The lowest BCUT2D eigenvalue weighted by Gasteiger charge is -2.05. The van der Waals surface area contributed by atoms with Gasteiger partial charge in [0, 0.05) is 12.6 Å². The first-order chi connectivity index (χ1) is 10.1. The molecule has 0 saturated heterocycles. The maximum absolute atomic E-state index is 12.2. The van der Waals surface area contributed by atoms with Crippen molar-refractivity contribution in [2.45, 2.75) is 0 Å². The second kappa shape index (κ2) is 4.06. The molecule has 0 amide bonds. The molecule has 0 atom stereocenters. The Labute approximate surface area is 119 Å². The first kappa shape index (κ1) is 11.9. The van der Waals surface area contributed by atoms with Gasteiger partial charge in [-0.15, -0.1) is 0 Å². The van der Waals surface area contributed by atoms with Gasteiger partial charge in [-0.05, 0) is 34.9 Å². The number of rotatable bonds is 1. The molecular weight excluding hydrogens is 266 g/mol. The van der Waals surface area contributed by atoms with Crippen LogP contribution in [-0.4, -0.2) is 10.4 Å². The summed E-state index contributed by atoms with van der Waals surface area (Å²) in [6.07, 6.45) is 1.64. The van der Waals surface area contributed by atoms with Crippen molar-refractivity contribution in [1.29, 1.82) is 0 Å². The van der Waals surface area contributed by atoms with Crippen molar-refractivity contribution in [3.8, 4) is 0 Å². The van der Waals surface area contributed by atoms with Crippen LogP contribution in [0.4, 0.5) is 0 Å². The van der Waals surface area contributed by atoms with Gasteiger partial charge in [0.2, 0.25) is 0 Å². The van der Waals surface area contributed by atoms with E-state index >= 15 is 0 Å². The number of benzene rings is 2. The monoisotopic (exact) mass is 277 g/mol. The van der Waals surface area contributed by atoms with E-state index in [1.54, 1.807) is 19.2 Å². The quantitative estimate of drug-likeness (QED) is 0.687. The van der Waals surface area contributed by atoms with E-state index in [0.29, 0.717) is 16.7 Å². The first-order valence-electron chi connectivity index (χ1n) is 6.60. The number of ketones is 1. The average Bonchev–Trinajstić information content (AvgIpc) is 2.97. The number of fused-ring (bicyclic) bond motifs is 2. The summed E-state index contributed by atoms with van der Waals surface area (Å²) in [5.41, 5.74) is 4.42. The van der Waals surface area contributed by atoms with Crippen LogP contribution in [0.5, 0.6) is 0 Å². The molecule has 0 spiro atoms. The zero-order valence-corrected chi connectivity index (χ0v) is 11.3. The van der Waals surface area contributed by atoms with Crippen molar-refractivity contribution in [1.82, 2.24) is 4.57 Å². The highest BCUT2D eigenvalue weighted by atomic mass is 16.4. The average molecular weight is 277 g/mol. The highest BCUT2D eigenvalue weighted by Gasteiger charge is 2.24. The molecule has 1 aromatic heterocycles. The predicted octanol–water partition coefficient (Wildman–Crippen LogP) is 2.76. The summed E-state index contributed by atoms with van der Waals surface area (Å²) < 4.78 is 6.59. The summed E-state index contributed by atoms with van der Waals surface area (Å²) in [6, 6.07) is 13.2. The van der Waals surface area contributed by atoms with Gasteiger partial charge in [-0.25, -0.2) is 4.79 Å². The SMILES string of the molecule is Cn1c(=O)oc2cc3c(cc21)C(c1ccccc1)=CC3=O. The van der Waals surface area contributed by atoms with E-state index in [1.165, 1.54) is 4.57 Å². The molecule has 0 fully saturated rings. The zero-order valence-electron chi connectivity index (χ0n) is 11.3. The molecule has 2 aromatic carbocycles. The third kappa shape index (κ3) is 1.62. The van der Waals surface area contributed by atoms with Crippen molar-refractivity contribution in [3.05, 3.63) is 75.8 Å². The van der Waals surface area contributed by atoms with Crippen LogP contribution in [0.25, 0.3) is 16.7 Å². The largest absolute Gasteiger partial charge is 0.419 e.